The molecule has 0 aromatic heterocycles. The lowest BCUT2D eigenvalue weighted by molar-refractivity contribution is -0.384. The van der Waals surface area contributed by atoms with E-state index in [1.165, 1.54) is 6.07 Å². The molecule has 0 aliphatic rings. The summed E-state index contributed by atoms with van der Waals surface area (Å²) >= 11 is 0. The molecule has 0 fully saturated rings. The molecule has 15 heavy (non-hydrogen) atoms. The fourth-order valence-corrected chi connectivity index (χ4v) is 1.51. The van der Waals surface area contributed by atoms with Crippen LogP contribution < -0.4 is 5.73 Å². The number of hydrogen-bond acceptors (Lipinski definition) is 3. The zero-order chi connectivity index (χ0) is 11.7. The van der Waals surface area contributed by atoms with Crippen LogP contribution in [0.1, 0.15) is 23.6 Å². The van der Waals surface area contributed by atoms with E-state index in [4.69, 9.17) is 5.73 Å². The smallest absolute Gasteiger partial charge is 0.293 e. The number of allylic oxidation sites excluding steroid dienone is 1. The van der Waals surface area contributed by atoms with Crippen molar-refractivity contribution in [1.29, 1.82) is 0 Å². The summed E-state index contributed by atoms with van der Waals surface area (Å²) < 4.78 is 0. The molecule has 0 atom stereocenters. The molecule has 0 unspecified atom stereocenters. The van der Waals surface area contributed by atoms with Crippen molar-refractivity contribution < 1.29 is 4.92 Å². The molecule has 0 spiro atoms. The van der Waals surface area contributed by atoms with Crippen LogP contribution >= 0.6 is 0 Å². The molecule has 2 N–H and O–H groups in total. The zero-order valence-corrected chi connectivity index (χ0v) is 9.13. The highest BCUT2D eigenvalue weighted by molar-refractivity contribution is 5.75. The Balaban J connectivity index is 3.59. The van der Waals surface area contributed by atoms with Gasteiger partial charge < -0.3 is 5.73 Å². The third-order valence-electron chi connectivity index (χ3n) is 2.58. The molecule has 0 amide bonds. The van der Waals surface area contributed by atoms with Crippen molar-refractivity contribution in [1.82, 2.24) is 0 Å². The Morgan fingerprint density at radius 2 is 2.00 bits per heavy atom. The van der Waals surface area contributed by atoms with E-state index in [2.05, 4.69) is 6.58 Å². The van der Waals surface area contributed by atoms with Gasteiger partial charge >= 0.3 is 0 Å². The molecular formula is C11H14N2O2. The number of nitrogens with zero attached hydrogens (tertiary/aromatic N) is 1. The average Bonchev–Trinajstić information content (AvgIpc) is 2.13. The van der Waals surface area contributed by atoms with Crippen LogP contribution in [0.5, 0.6) is 0 Å². The average molecular weight is 206 g/mol. The van der Waals surface area contributed by atoms with Crippen molar-refractivity contribution in [3.05, 3.63) is 39.4 Å². The molecule has 80 valence electrons. The molecule has 0 saturated heterocycles. The Bertz CT molecular complexity index is 412. The Morgan fingerprint density at radius 3 is 2.40 bits per heavy atom. The molecule has 4 nitrogen and oxygen atoms in total. The standard InChI is InChI=1S/C11H14N2O2/c1-6(2)9-5-10(13(14)15)11(12)8(4)7(9)3/h5H,1,12H2,2-4H3. The summed E-state index contributed by atoms with van der Waals surface area (Å²) in [6.45, 7) is 9.29. The van der Waals surface area contributed by atoms with Crippen LogP contribution in [0.3, 0.4) is 0 Å². The number of hydrogen-bond donors (Lipinski definition) is 1. The lowest BCUT2D eigenvalue weighted by Gasteiger charge is -2.11. The van der Waals surface area contributed by atoms with Gasteiger partial charge in [0.1, 0.15) is 5.69 Å². The largest absolute Gasteiger partial charge is 0.393 e. The Labute approximate surface area is 88.6 Å². The first-order chi connectivity index (χ1) is 6.86. The summed E-state index contributed by atoms with van der Waals surface area (Å²) in [5.74, 6) is 0. The molecule has 0 heterocycles. The van der Waals surface area contributed by atoms with Crippen LogP contribution in [0, 0.1) is 24.0 Å². The molecule has 0 aliphatic carbocycles. The third kappa shape index (κ3) is 1.83. The van der Waals surface area contributed by atoms with Gasteiger partial charge in [0, 0.05) is 6.07 Å². The number of nitrogen functional groups attached to an aromatic ring is 1. The minimum atomic E-state index is -0.464. The first-order valence-electron chi connectivity index (χ1n) is 4.56. The molecule has 1 aromatic carbocycles. The lowest BCUT2D eigenvalue weighted by atomic mass is 9.96. The predicted octanol–water partition coefficient (Wildman–Crippen LogP) is 2.83. The Morgan fingerprint density at radius 1 is 1.47 bits per heavy atom. The number of nitro benzene ring substituents is 1. The summed E-state index contributed by atoms with van der Waals surface area (Å²) in [5.41, 5.74) is 9.18. The van der Waals surface area contributed by atoms with Gasteiger partial charge in [-0.25, -0.2) is 0 Å². The summed E-state index contributed by atoms with van der Waals surface area (Å²) in [4.78, 5) is 10.3. The number of anilines is 1. The number of benzene rings is 1. The van der Waals surface area contributed by atoms with E-state index in [9.17, 15) is 10.1 Å². The van der Waals surface area contributed by atoms with Crippen LogP contribution in [0.25, 0.3) is 5.57 Å². The molecule has 1 aromatic rings. The van der Waals surface area contributed by atoms with E-state index < -0.39 is 4.92 Å². The van der Waals surface area contributed by atoms with Crippen molar-refractivity contribution in [2.75, 3.05) is 5.73 Å². The highest BCUT2D eigenvalue weighted by Gasteiger charge is 2.18. The maximum Gasteiger partial charge on any atom is 0.293 e. The highest BCUT2D eigenvalue weighted by atomic mass is 16.6. The van der Waals surface area contributed by atoms with Gasteiger partial charge in [-0.15, -0.1) is 0 Å². The molecule has 0 aliphatic heterocycles. The Hall–Kier alpha value is -1.84. The lowest BCUT2D eigenvalue weighted by Crippen LogP contribution is -2.02. The molecule has 0 radical (unpaired) electrons. The van der Waals surface area contributed by atoms with E-state index in [0.717, 1.165) is 22.3 Å². The topological polar surface area (TPSA) is 69.2 Å². The summed E-state index contributed by atoms with van der Waals surface area (Å²) in [6, 6.07) is 1.49. The maximum absolute atomic E-state index is 10.8. The van der Waals surface area contributed by atoms with E-state index in [0.29, 0.717) is 0 Å². The summed E-state index contributed by atoms with van der Waals surface area (Å²) in [6.07, 6.45) is 0. The van der Waals surface area contributed by atoms with Gasteiger partial charge in [-0.2, -0.15) is 0 Å². The fraction of sp³-hybridized carbons (Fsp3) is 0.273. The first-order valence-corrected chi connectivity index (χ1v) is 4.56. The SMILES string of the molecule is C=C(C)c1cc([N+](=O)[O-])c(N)c(C)c1C. The number of rotatable bonds is 2. The van der Waals surface area contributed by atoms with Crippen molar-refractivity contribution >= 4 is 16.9 Å². The van der Waals surface area contributed by atoms with Gasteiger partial charge in [0.05, 0.1) is 4.92 Å². The second-order valence-corrected chi connectivity index (χ2v) is 3.64. The summed E-state index contributed by atoms with van der Waals surface area (Å²) in [7, 11) is 0. The third-order valence-corrected chi connectivity index (χ3v) is 2.58. The van der Waals surface area contributed by atoms with E-state index in [-0.39, 0.29) is 11.4 Å². The second kappa shape index (κ2) is 3.73. The highest BCUT2D eigenvalue weighted by Crippen LogP contribution is 2.32. The molecule has 0 saturated carbocycles. The van der Waals surface area contributed by atoms with Crippen molar-refractivity contribution in [3.63, 3.8) is 0 Å². The van der Waals surface area contributed by atoms with Crippen LogP contribution in [0.2, 0.25) is 0 Å². The minimum Gasteiger partial charge on any atom is -0.393 e. The van der Waals surface area contributed by atoms with Gasteiger partial charge in [-0.3, -0.25) is 10.1 Å². The maximum atomic E-state index is 10.8. The van der Waals surface area contributed by atoms with Crippen molar-refractivity contribution in [2.45, 2.75) is 20.8 Å². The van der Waals surface area contributed by atoms with E-state index in [1.54, 1.807) is 6.92 Å². The van der Waals surface area contributed by atoms with Crippen LogP contribution in [0.15, 0.2) is 12.6 Å². The van der Waals surface area contributed by atoms with Gasteiger partial charge in [0.2, 0.25) is 0 Å². The minimum absolute atomic E-state index is 0.0453. The fourth-order valence-electron chi connectivity index (χ4n) is 1.51. The second-order valence-electron chi connectivity index (χ2n) is 3.64. The number of nitro groups is 1. The van der Waals surface area contributed by atoms with Gasteiger partial charge in [0.25, 0.3) is 5.69 Å². The van der Waals surface area contributed by atoms with Crippen LogP contribution in [-0.4, -0.2) is 4.92 Å². The van der Waals surface area contributed by atoms with Crippen LogP contribution in [-0.2, 0) is 0 Å². The first kappa shape index (κ1) is 11.2. The molecule has 4 heteroatoms. The van der Waals surface area contributed by atoms with Crippen molar-refractivity contribution in [2.24, 2.45) is 0 Å². The van der Waals surface area contributed by atoms with Gasteiger partial charge in [0.15, 0.2) is 0 Å². The van der Waals surface area contributed by atoms with Gasteiger partial charge in [-0.1, -0.05) is 12.2 Å². The zero-order valence-electron chi connectivity index (χ0n) is 9.13. The molecule has 0 bridgehead atoms. The van der Waals surface area contributed by atoms with E-state index >= 15 is 0 Å². The van der Waals surface area contributed by atoms with E-state index in [1.807, 2.05) is 13.8 Å². The summed E-state index contributed by atoms with van der Waals surface area (Å²) in [5, 5.41) is 10.8. The monoisotopic (exact) mass is 206 g/mol. The molecule has 1 rings (SSSR count). The molecular weight excluding hydrogens is 192 g/mol. The normalized spacial score (nSPS) is 10.1. The van der Waals surface area contributed by atoms with Gasteiger partial charge in [-0.05, 0) is 37.5 Å². The van der Waals surface area contributed by atoms with Crippen LogP contribution in [0.4, 0.5) is 11.4 Å². The number of nitrogens with two attached hydrogens (primary N) is 1. The Kier molecular flexibility index (Phi) is 2.79. The predicted molar refractivity (Wildman–Crippen MR) is 61.7 cm³/mol. The quantitative estimate of drug-likeness (QED) is 0.459. The van der Waals surface area contributed by atoms with Crippen molar-refractivity contribution in [3.8, 4) is 0 Å².